The Morgan fingerprint density at radius 1 is 1.16 bits per heavy atom. The number of benzene rings is 2. The fourth-order valence-corrected chi connectivity index (χ4v) is 3.78. The quantitative estimate of drug-likeness (QED) is 0.531. The van der Waals surface area contributed by atoms with Gasteiger partial charge < -0.3 is 19.3 Å². The number of hydrogen-bond donors (Lipinski definition) is 1. The number of urea groups is 1. The number of halogens is 1. The number of ether oxygens (including phenoxy) is 2. The molecule has 4 rings (SSSR count). The van der Waals surface area contributed by atoms with Crippen LogP contribution in [0.1, 0.15) is 18.4 Å². The van der Waals surface area contributed by atoms with Gasteiger partial charge in [-0.15, -0.1) is 0 Å². The van der Waals surface area contributed by atoms with Gasteiger partial charge in [-0.25, -0.2) is 4.79 Å². The van der Waals surface area contributed by atoms with Crippen LogP contribution in [-0.4, -0.2) is 41.2 Å². The first-order valence-electron chi connectivity index (χ1n) is 9.31. The molecule has 1 aromatic heterocycles. The second kappa shape index (κ2) is 8.03. The Labute approximate surface area is 186 Å². The summed E-state index contributed by atoms with van der Waals surface area (Å²) in [6, 6.07) is 11.9. The lowest BCUT2D eigenvalue weighted by Crippen LogP contribution is -2.40. The molecule has 2 heterocycles. The minimum Gasteiger partial charge on any atom is -0.497 e. The summed E-state index contributed by atoms with van der Waals surface area (Å²) in [5, 5.41) is 6.72. The Kier molecular flexibility index (Phi) is 5.40. The predicted octanol–water partition coefficient (Wildman–Crippen LogP) is 3.48. The van der Waals surface area contributed by atoms with Crippen LogP contribution in [-0.2, 0) is 16.9 Å². The average Bonchev–Trinajstić information content (AvgIpc) is 3.32. The second-order valence-electron chi connectivity index (χ2n) is 7.03. The van der Waals surface area contributed by atoms with E-state index in [-0.39, 0.29) is 18.3 Å². The number of nitrogens with one attached hydrogen (secondary N) is 1. The molecule has 0 spiro atoms. The maximum Gasteiger partial charge on any atom is 0.325 e. The van der Waals surface area contributed by atoms with Crippen molar-refractivity contribution in [2.45, 2.75) is 19.0 Å². The van der Waals surface area contributed by atoms with Crippen molar-refractivity contribution in [3.05, 3.63) is 58.4 Å². The molecule has 1 unspecified atom stereocenters. The zero-order valence-corrected chi connectivity index (χ0v) is 18.6. The van der Waals surface area contributed by atoms with Gasteiger partial charge in [0.15, 0.2) is 0 Å². The lowest BCUT2D eigenvalue weighted by molar-refractivity contribution is -0.131. The van der Waals surface area contributed by atoms with E-state index in [1.165, 1.54) is 7.11 Å². The van der Waals surface area contributed by atoms with Crippen molar-refractivity contribution >= 4 is 27.9 Å². The maximum atomic E-state index is 13.1. The van der Waals surface area contributed by atoms with E-state index in [4.69, 9.17) is 14.0 Å². The number of carbonyl (C=O) groups excluding carboxylic acids is 2. The first-order chi connectivity index (χ1) is 14.9. The third kappa shape index (κ3) is 3.74. The number of rotatable bonds is 6. The van der Waals surface area contributed by atoms with E-state index in [0.29, 0.717) is 22.6 Å². The van der Waals surface area contributed by atoms with Gasteiger partial charge in [-0.2, -0.15) is 4.98 Å². The fraction of sp³-hybridized carbons (Fsp3) is 0.238. The van der Waals surface area contributed by atoms with E-state index >= 15 is 0 Å². The summed E-state index contributed by atoms with van der Waals surface area (Å²) in [4.78, 5) is 31.1. The number of nitrogens with zero attached hydrogens (tertiary/aromatic N) is 3. The lowest BCUT2D eigenvalue weighted by atomic mass is 9.92. The summed E-state index contributed by atoms with van der Waals surface area (Å²) in [6.07, 6.45) is 0. The van der Waals surface area contributed by atoms with Crippen LogP contribution in [0.25, 0.3) is 11.4 Å². The van der Waals surface area contributed by atoms with Crippen molar-refractivity contribution in [3.63, 3.8) is 0 Å². The monoisotopic (exact) mass is 486 g/mol. The summed E-state index contributed by atoms with van der Waals surface area (Å²) in [7, 11) is 3.08. The van der Waals surface area contributed by atoms with E-state index in [0.717, 1.165) is 9.37 Å². The van der Waals surface area contributed by atoms with Gasteiger partial charge in [0.05, 0.1) is 19.8 Å². The van der Waals surface area contributed by atoms with Gasteiger partial charge in [0.1, 0.15) is 23.6 Å². The van der Waals surface area contributed by atoms with Crippen molar-refractivity contribution in [2.24, 2.45) is 0 Å². The summed E-state index contributed by atoms with van der Waals surface area (Å²) in [5.41, 5.74) is 0.0644. The Hall–Kier alpha value is -3.40. The third-order valence-electron chi connectivity index (χ3n) is 5.09. The highest BCUT2D eigenvalue weighted by atomic mass is 79.9. The normalized spacial score (nSPS) is 18.3. The van der Waals surface area contributed by atoms with E-state index in [2.05, 4.69) is 31.4 Å². The molecule has 2 aromatic carbocycles. The molecule has 1 aliphatic rings. The van der Waals surface area contributed by atoms with Crippen LogP contribution < -0.4 is 14.8 Å². The third-order valence-corrected chi connectivity index (χ3v) is 5.58. The standard InChI is InChI=1S/C21H19BrN4O5/c1-21(12-5-4-6-13(22)9-12)19(27)26(20(28)24-21)11-17-23-18(25-31-17)15-8-7-14(29-2)10-16(15)30-3/h4-10H,11H2,1-3H3,(H,24,28). The summed E-state index contributed by atoms with van der Waals surface area (Å²) >= 11 is 3.39. The molecule has 3 aromatic rings. The number of methoxy groups -OCH3 is 2. The highest BCUT2D eigenvalue weighted by Gasteiger charge is 2.49. The summed E-state index contributed by atoms with van der Waals surface area (Å²) in [6.45, 7) is 1.51. The molecule has 0 radical (unpaired) electrons. The van der Waals surface area contributed by atoms with E-state index in [1.54, 1.807) is 50.4 Å². The number of hydrogen-bond acceptors (Lipinski definition) is 7. The molecular weight excluding hydrogens is 468 g/mol. The van der Waals surface area contributed by atoms with Crippen LogP contribution in [0.4, 0.5) is 4.79 Å². The van der Waals surface area contributed by atoms with Crippen molar-refractivity contribution in [1.82, 2.24) is 20.4 Å². The van der Waals surface area contributed by atoms with Crippen molar-refractivity contribution in [1.29, 1.82) is 0 Å². The zero-order valence-electron chi connectivity index (χ0n) is 17.0. The molecule has 31 heavy (non-hydrogen) atoms. The highest BCUT2D eigenvalue weighted by molar-refractivity contribution is 9.10. The van der Waals surface area contributed by atoms with Crippen LogP contribution >= 0.6 is 15.9 Å². The van der Waals surface area contributed by atoms with Gasteiger partial charge in [-0.1, -0.05) is 33.2 Å². The molecule has 0 saturated carbocycles. The van der Waals surface area contributed by atoms with Crippen LogP contribution in [0.3, 0.4) is 0 Å². The van der Waals surface area contributed by atoms with Crippen molar-refractivity contribution < 1.29 is 23.6 Å². The molecular formula is C21H19BrN4O5. The summed E-state index contributed by atoms with van der Waals surface area (Å²) in [5.74, 6) is 1.11. The second-order valence-corrected chi connectivity index (χ2v) is 7.95. The number of carbonyl (C=O) groups is 2. The molecule has 1 atom stereocenters. The zero-order chi connectivity index (χ0) is 22.2. The molecule has 3 amide bonds. The van der Waals surface area contributed by atoms with Crippen LogP contribution in [0.2, 0.25) is 0 Å². The molecule has 1 fully saturated rings. The van der Waals surface area contributed by atoms with Crippen LogP contribution in [0, 0.1) is 0 Å². The maximum absolute atomic E-state index is 13.1. The van der Waals surface area contributed by atoms with E-state index < -0.39 is 17.5 Å². The molecule has 160 valence electrons. The van der Waals surface area contributed by atoms with Gasteiger partial charge in [-0.3, -0.25) is 9.69 Å². The first kappa shape index (κ1) is 20.9. The van der Waals surface area contributed by atoms with E-state index in [1.807, 2.05) is 6.07 Å². The predicted molar refractivity (Wildman–Crippen MR) is 113 cm³/mol. The Morgan fingerprint density at radius 2 is 1.97 bits per heavy atom. The smallest absolute Gasteiger partial charge is 0.325 e. The lowest BCUT2D eigenvalue weighted by Gasteiger charge is -2.22. The molecule has 0 bridgehead atoms. The van der Waals surface area contributed by atoms with Gasteiger partial charge in [0.25, 0.3) is 5.91 Å². The van der Waals surface area contributed by atoms with Crippen LogP contribution in [0.15, 0.2) is 51.5 Å². The molecule has 10 heteroatoms. The minimum atomic E-state index is -1.19. The minimum absolute atomic E-state index is 0.120. The molecule has 1 saturated heterocycles. The molecule has 1 N–H and O–H groups in total. The Balaban J connectivity index is 1.58. The summed E-state index contributed by atoms with van der Waals surface area (Å²) < 4.78 is 16.7. The fourth-order valence-electron chi connectivity index (χ4n) is 3.38. The molecule has 9 nitrogen and oxygen atoms in total. The SMILES string of the molecule is COc1ccc(-c2noc(CN3C(=O)NC(C)(c4cccc(Br)c4)C3=O)n2)c(OC)c1. The molecule has 0 aliphatic carbocycles. The van der Waals surface area contributed by atoms with E-state index in [9.17, 15) is 9.59 Å². The average molecular weight is 487 g/mol. The van der Waals surface area contributed by atoms with Crippen molar-refractivity contribution in [2.75, 3.05) is 14.2 Å². The molecule has 1 aliphatic heterocycles. The largest absolute Gasteiger partial charge is 0.497 e. The Bertz CT molecular complexity index is 1160. The van der Waals surface area contributed by atoms with Gasteiger partial charge >= 0.3 is 6.03 Å². The number of amides is 3. The number of imide groups is 1. The first-order valence-corrected chi connectivity index (χ1v) is 10.1. The Morgan fingerprint density at radius 3 is 2.68 bits per heavy atom. The van der Waals surface area contributed by atoms with Crippen LogP contribution in [0.5, 0.6) is 11.5 Å². The van der Waals surface area contributed by atoms with Gasteiger partial charge in [0, 0.05) is 10.5 Å². The number of aromatic nitrogens is 2. The van der Waals surface area contributed by atoms with Crippen molar-refractivity contribution in [3.8, 4) is 22.9 Å². The highest BCUT2D eigenvalue weighted by Crippen LogP contribution is 2.33. The van der Waals surface area contributed by atoms with Gasteiger partial charge in [-0.05, 0) is 36.8 Å². The van der Waals surface area contributed by atoms with Gasteiger partial charge in [0.2, 0.25) is 11.7 Å². The topological polar surface area (TPSA) is 107 Å².